The summed E-state index contributed by atoms with van der Waals surface area (Å²) in [7, 11) is -1.17. The van der Waals surface area contributed by atoms with Crippen LogP contribution in [0.15, 0.2) is 18.2 Å². The topological polar surface area (TPSA) is 86.7 Å². The molecule has 0 aliphatic heterocycles. The third-order valence-electron chi connectivity index (χ3n) is 2.63. The second kappa shape index (κ2) is 6.51. The monoisotopic (exact) mass is 300 g/mol. The standard InChI is InChI=1S/C13H16O6S/c1-9(14)10-4-5-12(18-2)11(6-10)7-20(16,17)8-13(15)19-3/h4-6H,7-8H2,1-3H3. The van der Waals surface area contributed by atoms with Crippen molar-refractivity contribution in [3.8, 4) is 5.75 Å². The normalized spacial score (nSPS) is 10.9. The Kier molecular flexibility index (Phi) is 5.26. The summed E-state index contributed by atoms with van der Waals surface area (Å²) in [6, 6.07) is 4.54. The summed E-state index contributed by atoms with van der Waals surface area (Å²) in [5, 5.41) is 0. The maximum absolute atomic E-state index is 11.9. The van der Waals surface area contributed by atoms with Crippen LogP contribution in [-0.2, 0) is 25.1 Å². The van der Waals surface area contributed by atoms with Gasteiger partial charge in [-0.15, -0.1) is 0 Å². The van der Waals surface area contributed by atoms with Crippen LogP contribution in [0.1, 0.15) is 22.8 Å². The lowest BCUT2D eigenvalue weighted by atomic mass is 10.1. The average molecular weight is 300 g/mol. The highest BCUT2D eigenvalue weighted by Gasteiger charge is 2.20. The Labute approximate surface area is 117 Å². The van der Waals surface area contributed by atoms with Gasteiger partial charge in [0.25, 0.3) is 0 Å². The summed E-state index contributed by atoms with van der Waals surface area (Å²) in [5.74, 6) is -1.77. The van der Waals surface area contributed by atoms with Crippen LogP contribution < -0.4 is 4.74 Å². The fourth-order valence-electron chi connectivity index (χ4n) is 1.64. The summed E-state index contributed by atoms with van der Waals surface area (Å²) in [6.07, 6.45) is 0. The minimum atomic E-state index is -3.69. The van der Waals surface area contributed by atoms with Crippen molar-refractivity contribution in [1.82, 2.24) is 0 Å². The molecule has 0 saturated heterocycles. The van der Waals surface area contributed by atoms with E-state index in [9.17, 15) is 18.0 Å². The van der Waals surface area contributed by atoms with Gasteiger partial charge in [-0.25, -0.2) is 8.42 Å². The van der Waals surface area contributed by atoms with Crippen molar-refractivity contribution < 1.29 is 27.5 Å². The largest absolute Gasteiger partial charge is 0.496 e. The number of carbonyl (C=O) groups excluding carboxylic acids is 2. The van der Waals surface area contributed by atoms with Crippen LogP contribution in [0.4, 0.5) is 0 Å². The summed E-state index contributed by atoms with van der Waals surface area (Å²) < 4.78 is 33.2. The molecule has 0 spiro atoms. The fraction of sp³-hybridized carbons (Fsp3) is 0.385. The molecule has 0 aromatic heterocycles. The molecule has 20 heavy (non-hydrogen) atoms. The number of benzene rings is 1. The van der Waals surface area contributed by atoms with Gasteiger partial charge >= 0.3 is 5.97 Å². The van der Waals surface area contributed by atoms with E-state index in [1.165, 1.54) is 26.2 Å². The highest BCUT2D eigenvalue weighted by molar-refractivity contribution is 7.91. The Balaban J connectivity index is 3.09. The van der Waals surface area contributed by atoms with Gasteiger partial charge in [0.05, 0.1) is 20.0 Å². The van der Waals surface area contributed by atoms with Crippen LogP contribution >= 0.6 is 0 Å². The minimum Gasteiger partial charge on any atom is -0.496 e. The van der Waals surface area contributed by atoms with E-state index in [-0.39, 0.29) is 5.78 Å². The minimum absolute atomic E-state index is 0.181. The van der Waals surface area contributed by atoms with Gasteiger partial charge in [-0.05, 0) is 25.1 Å². The van der Waals surface area contributed by atoms with Crippen LogP contribution in [0, 0.1) is 0 Å². The number of hydrogen-bond acceptors (Lipinski definition) is 6. The molecule has 0 amide bonds. The number of carbonyl (C=O) groups is 2. The van der Waals surface area contributed by atoms with Gasteiger partial charge in [-0.3, -0.25) is 9.59 Å². The van der Waals surface area contributed by atoms with Crippen LogP contribution in [0.3, 0.4) is 0 Å². The first-order chi connectivity index (χ1) is 9.29. The number of ether oxygens (including phenoxy) is 2. The van der Waals surface area contributed by atoms with Gasteiger partial charge < -0.3 is 9.47 Å². The molecule has 0 aliphatic rings. The van der Waals surface area contributed by atoms with E-state index >= 15 is 0 Å². The van der Waals surface area contributed by atoms with Crippen LogP contribution in [0.5, 0.6) is 5.75 Å². The number of ketones is 1. The lowest BCUT2D eigenvalue weighted by Gasteiger charge is -2.10. The van der Waals surface area contributed by atoms with Crippen LogP contribution in [-0.4, -0.2) is 40.1 Å². The molecule has 1 aromatic carbocycles. The molecule has 0 unspecified atom stereocenters. The smallest absolute Gasteiger partial charge is 0.320 e. The molecule has 0 aliphatic carbocycles. The third-order valence-corrected chi connectivity index (χ3v) is 4.05. The summed E-state index contributed by atoms with van der Waals surface area (Å²) in [6.45, 7) is 1.38. The van der Waals surface area contributed by atoms with E-state index in [0.717, 1.165) is 7.11 Å². The lowest BCUT2D eigenvalue weighted by molar-refractivity contribution is -0.137. The van der Waals surface area contributed by atoms with Crippen LogP contribution in [0.25, 0.3) is 0 Å². The first-order valence-corrected chi connectivity index (χ1v) is 7.56. The van der Waals surface area contributed by atoms with E-state index in [1.807, 2.05) is 0 Å². The van der Waals surface area contributed by atoms with Crippen LogP contribution in [0.2, 0.25) is 0 Å². The maximum atomic E-state index is 11.9. The van der Waals surface area contributed by atoms with E-state index in [2.05, 4.69) is 4.74 Å². The SMILES string of the molecule is COC(=O)CS(=O)(=O)Cc1cc(C(C)=O)ccc1OC. The molecular weight excluding hydrogens is 284 g/mol. The summed E-state index contributed by atoms with van der Waals surface area (Å²) in [5.41, 5.74) is 0.721. The molecule has 1 aromatic rings. The molecule has 0 saturated carbocycles. The maximum Gasteiger partial charge on any atom is 0.320 e. The van der Waals surface area contributed by atoms with Gasteiger partial charge in [0.15, 0.2) is 15.6 Å². The van der Waals surface area contributed by atoms with E-state index in [1.54, 1.807) is 6.07 Å². The fourth-order valence-corrected chi connectivity index (χ4v) is 2.92. The third kappa shape index (κ3) is 4.34. The number of esters is 1. The van der Waals surface area contributed by atoms with Gasteiger partial charge in [-0.2, -0.15) is 0 Å². The second-order valence-corrected chi connectivity index (χ2v) is 6.26. The molecule has 7 heteroatoms. The zero-order valence-electron chi connectivity index (χ0n) is 11.5. The number of Topliss-reactive ketones (excluding diaryl/α,β-unsaturated/α-hetero) is 1. The summed E-state index contributed by atoms with van der Waals surface area (Å²) >= 11 is 0. The molecule has 0 bridgehead atoms. The highest BCUT2D eigenvalue weighted by Crippen LogP contribution is 2.22. The molecule has 0 atom stereocenters. The quantitative estimate of drug-likeness (QED) is 0.575. The Morgan fingerprint density at radius 3 is 2.35 bits per heavy atom. The average Bonchev–Trinajstić information content (AvgIpc) is 2.37. The van der Waals surface area contributed by atoms with E-state index in [0.29, 0.717) is 16.9 Å². The van der Waals surface area contributed by atoms with Crippen molar-refractivity contribution in [2.45, 2.75) is 12.7 Å². The number of methoxy groups -OCH3 is 2. The first-order valence-electron chi connectivity index (χ1n) is 5.74. The molecule has 110 valence electrons. The van der Waals surface area contributed by atoms with Gasteiger partial charge in [0.2, 0.25) is 0 Å². The van der Waals surface area contributed by atoms with Crippen molar-refractivity contribution in [3.63, 3.8) is 0 Å². The van der Waals surface area contributed by atoms with Gasteiger partial charge in [-0.1, -0.05) is 0 Å². The molecule has 1 rings (SSSR count). The number of rotatable bonds is 6. The Bertz CT molecular complexity index is 618. The molecule has 0 fully saturated rings. The van der Waals surface area contributed by atoms with Gasteiger partial charge in [0, 0.05) is 11.1 Å². The zero-order chi connectivity index (χ0) is 15.3. The Hall–Kier alpha value is -1.89. The predicted molar refractivity (Wildman–Crippen MR) is 72.5 cm³/mol. The summed E-state index contributed by atoms with van der Waals surface area (Å²) in [4.78, 5) is 22.4. The Morgan fingerprint density at radius 2 is 1.85 bits per heavy atom. The molecule has 6 nitrogen and oxygen atoms in total. The molecule has 0 radical (unpaired) electrons. The van der Waals surface area contributed by atoms with Crippen molar-refractivity contribution in [1.29, 1.82) is 0 Å². The lowest BCUT2D eigenvalue weighted by Crippen LogP contribution is -2.19. The van der Waals surface area contributed by atoms with Gasteiger partial charge in [0.1, 0.15) is 11.5 Å². The van der Waals surface area contributed by atoms with Crippen molar-refractivity contribution in [2.75, 3.05) is 20.0 Å². The molecular formula is C13H16O6S. The second-order valence-electron chi connectivity index (χ2n) is 4.19. The van der Waals surface area contributed by atoms with E-state index < -0.39 is 27.3 Å². The Morgan fingerprint density at radius 1 is 1.20 bits per heavy atom. The van der Waals surface area contributed by atoms with Crippen molar-refractivity contribution in [2.24, 2.45) is 0 Å². The predicted octanol–water partition coefficient (Wildman–Crippen LogP) is 0.986. The first kappa shape index (κ1) is 16.2. The molecule has 0 N–H and O–H groups in total. The zero-order valence-corrected chi connectivity index (χ0v) is 12.3. The van der Waals surface area contributed by atoms with Crippen molar-refractivity contribution in [3.05, 3.63) is 29.3 Å². The van der Waals surface area contributed by atoms with E-state index in [4.69, 9.17) is 4.74 Å². The highest BCUT2D eigenvalue weighted by atomic mass is 32.2. The van der Waals surface area contributed by atoms with Crippen molar-refractivity contribution >= 4 is 21.6 Å². The number of sulfone groups is 1. The molecule has 0 heterocycles. The number of hydrogen-bond donors (Lipinski definition) is 0.